The molecular formula is C12H13NO3. The lowest BCUT2D eigenvalue weighted by molar-refractivity contribution is -0.137. The van der Waals surface area contributed by atoms with E-state index in [0.29, 0.717) is 0 Å². The molecule has 0 bridgehead atoms. The molecule has 0 aliphatic carbocycles. The first kappa shape index (κ1) is 12.1. The maximum atomic E-state index is 11.3. The van der Waals surface area contributed by atoms with Crippen molar-refractivity contribution in [1.82, 2.24) is 0 Å². The van der Waals surface area contributed by atoms with Crippen LogP contribution < -0.4 is 0 Å². The molecule has 1 rings (SSSR count). The van der Waals surface area contributed by atoms with Crippen LogP contribution in [0.3, 0.4) is 0 Å². The maximum absolute atomic E-state index is 11.3. The monoisotopic (exact) mass is 219 g/mol. The Hall–Kier alpha value is -1.97. The van der Waals surface area contributed by atoms with Gasteiger partial charge in [-0.1, -0.05) is 30.3 Å². The third kappa shape index (κ3) is 4.04. The van der Waals surface area contributed by atoms with Crippen LogP contribution in [0.1, 0.15) is 18.9 Å². The van der Waals surface area contributed by atoms with E-state index in [9.17, 15) is 9.59 Å². The van der Waals surface area contributed by atoms with Crippen molar-refractivity contribution < 1.29 is 14.3 Å². The van der Waals surface area contributed by atoms with Gasteiger partial charge >= 0.3 is 5.97 Å². The number of hydrogen-bond acceptors (Lipinski definition) is 4. The molecule has 0 unspecified atom stereocenters. The number of Topliss-reactive ketones (excluding diaryl/α,β-unsaturated/α-hetero) is 1. The zero-order chi connectivity index (χ0) is 12.0. The minimum absolute atomic E-state index is 0.125. The van der Waals surface area contributed by atoms with Gasteiger partial charge in [0.1, 0.15) is 18.1 Å². The lowest BCUT2D eigenvalue weighted by Gasteiger charge is -2.04. The predicted octanol–water partition coefficient (Wildman–Crippen LogP) is 1.73. The molecule has 0 aliphatic heterocycles. The molecule has 0 aromatic heterocycles. The number of benzene rings is 1. The van der Waals surface area contributed by atoms with Crippen LogP contribution in [0.2, 0.25) is 0 Å². The Kier molecular flexibility index (Phi) is 4.39. The molecule has 0 amide bonds. The number of esters is 1. The van der Waals surface area contributed by atoms with E-state index >= 15 is 0 Å². The van der Waals surface area contributed by atoms with Crippen LogP contribution in [0.25, 0.3) is 0 Å². The molecule has 0 saturated carbocycles. The van der Waals surface area contributed by atoms with Crippen LogP contribution in [0, 0.1) is 5.41 Å². The third-order valence-electron chi connectivity index (χ3n) is 1.88. The van der Waals surface area contributed by atoms with E-state index in [-0.39, 0.29) is 24.5 Å². The highest BCUT2D eigenvalue weighted by atomic mass is 16.5. The van der Waals surface area contributed by atoms with Gasteiger partial charge in [-0.25, -0.2) is 4.79 Å². The average molecular weight is 219 g/mol. The van der Waals surface area contributed by atoms with E-state index in [1.165, 1.54) is 6.92 Å². The summed E-state index contributed by atoms with van der Waals surface area (Å²) in [6.07, 6.45) is -0.173. The summed E-state index contributed by atoms with van der Waals surface area (Å²) < 4.78 is 4.88. The van der Waals surface area contributed by atoms with E-state index in [4.69, 9.17) is 10.1 Å². The Morgan fingerprint density at radius 3 is 2.44 bits per heavy atom. The van der Waals surface area contributed by atoms with Crippen molar-refractivity contribution >= 4 is 17.5 Å². The fraction of sp³-hybridized carbons (Fsp3) is 0.250. The standard InChI is InChI=1S/C12H13NO3/c1-9(14)7-11(13)12(15)16-8-10-5-3-2-4-6-10/h2-6,13H,7-8H2,1H3. The summed E-state index contributed by atoms with van der Waals surface area (Å²) >= 11 is 0. The number of carbonyl (C=O) groups is 2. The molecule has 0 radical (unpaired) electrons. The Labute approximate surface area is 93.7 Å². The first-order chi connectivity index (χ1) is 7.59. The largest absolute Gasteiger partial charge is 0.456 e. The van der Waals surface area contributed by atoms with Gasteiger partial charge < -0.3 is 4.74 Å². The summed E-state index contributed by atoms with van der Waals surface area (Å²) in [6.45, 7) is 1.46. The number of rotatable bonds is 5. The zero-order valence-corrected chi connectivity index (χ0v) is 9.03. The fourth-order valence-electron chi connectivity index (χ4n) is 1.13. The van der Waals surface area contributed by atoms with Crippen LogP contribution in [0.15, 0.2) is 30.3 Å². The highest BCUT2D eigenvalue weighted by Crippen LogP contribution is 2.01. The highest BCUT2D eigenvalue weighted by Gasteiger charge is 2.12. The fourth-order valence-corrected chi connectivity index (χ4v) is 1.13. The van der Waals surface area contributed by atoms with Gasteiger partial charge in [-0.05, 0) is 12.5 Å². The second kappa shape index (κ2) is 5.80. The van der Waals surface area contributed by atoms with Crippen LogP contribution in [0.4, 0.5) is 0 Å². The van der Waals surface area contributed by atoms with Crippen molar-refractivity contribution in [3.05, 3.63) is 35.9 Å². The van der Waals surface area contributed by atoms with Crippen molar-refractivity contribution in [2.45, 2.75) is 20.0 Å². The van der Waals surface area contributed by atoms with Crippen LogP contribution >= 0.6 is 0 Å². The first-order valence-electron chi connectivity index (χ1n) is 4.87. The van der Waals surface area contributed by atoms with Crippen molar-refractivity contribution in [2.75, 3.05) is 0 Å². The van der Waals surface area contributed by atoms with Gasteiger partial charge in [0.2, 0.25) is 0 Å². The normalized spacial score (nSPS) is 9.56. The minimum atomic E-state index is -0.737. The molecule has 0 saturated heterocycles. The van der Waals surface area contributed by atoms with E-state index in [1.54, 1.807) is 0 Å². The Balaban J connectivity index is 2.41. The van der Waals surface area contributed by atoms with Gasteiger partial charge in [-0.15, -0.1) is 0 Å². The van der Waals surface area contributed by atoms with Crippen LogP contribution in [-0.2, 0) is 20.9 Å². The maximum Gasteiger partial charge on any atom is 0.352 e. The number of carbonyl (C=O) groups excluding carboxylic acids is 2. The second-order valence-corrected chi connectivity index (χ2v) is 3.42. The van der Waals surface area contributed by atoms with Crippen LogP contribution in [0.5, 0.6) is 0 Å². The molecule has 0 heterocycles. The number of ether oxygens (including phenoxy) is 1. The Morgan fingerprint density at radius 1 is 1.25 bits per heavy atom. The lowest BCUT2D eigenvalue weighted by Crippen LogP contribution is -2.18. The Morgan fingerprint density at radius 2 is 1.88 bits per heavy atom. The molecule has 0 aliphatic rings. The summed E-state index contributed by atoms with van der Waals surface area (Å²) in [6, 6.07) is 9.18. The van der Waals surface area contributed by atoms with E-state index in [0.717, 1.165) is 5.56 Å². The molecule has 84 valence electrons. The second-order valence-electron chi connectivity index (χ2n) is 3.42. The number of nitrogens with one attached hydrogen (secondary N) is 1. The molecule has 1 N–H and O–H groups in total. The van der Waals surface area contributed by atoms with Gasteiger partial charge in [0.05, 0.1) is 6.42 Å². The third-order valence-corrected chi connectivity index (χ3v) is 1.88. The van der Waals surface area contributed by atoms with Gasteiger partial charge in [-0.2, -0.15) is 0 Å². The van der Waals surface area contributed by atoms with Gasteiger partial charge in [0.15, 0.2) is 0 Å². The molecular weight excluding hydrogens is 206 g/mol. The predicted molar refractivity (Wildman–Crippen MR) is 59.3 cm³/mol. The van der Waals surface area contributed by atoms with Crippen molar-refractivity contribution in [3.8, 4) is 0 Å². The molecule has 4 nitrogen and oxygen atoms in total. The van der Waals surface area contributed by atoms with E-state index in [2.05, 4.69) is 0 Å². The average Bonchev–Trinajstić information content (AvgIpc) is 2.26. The topological polar surface area (TPSA) is 67.2 Å². The van der Waals surface area contributed by atoms with Crippen molar-refractivity contribution in [1.29, 1.82) is 5.41 Å². The highest BCUT2D eigenvalue weighted by molar-refractivity contribution is 6.38. The molecule has 0 fully saturated rings. The molecule has 16 heavy (non-hydrogen) atoms. The molecule has 1 aromatic carbocycles. The quantitative estimate of drug-likeness (QED) is 0.605. The summed E-state index contributed by atoms with van der Waals surface area (Å²) in [5.74, 6) is -0.958. The Bertz CT molecular complexity index is 398. The van der Waals surface area contributed by atoms with E-state index in [1.807, 2.05) is 30.3 Å². The minimum Gasteiger partial charge on any atom is -0.456 e. The molecule has 0 atom stereocenters. The molecule has 0 spiro atoms. The summed E-state index contributed by atoms with van der Waals surface area (Å²) in [7, 11) is 0. The number of hydrogen-bond donors (Lipinski definition) is 1. The first-order valence-corrected chi connectivity index (χ1v) is 4.87. The van der Waals surface area contributed by atoms with Gasteiger partial charge in [0.25, 0.3) is 0 Å². The molecule has 1 aromatic rings. The summed E-state index contributed by atoms with van der Waals surface area (Å²) in [5.41, 5.74) is 0.551. The molecule has 4 heteroatoms. The van der Waals surface area contributed by atoms with E-state index < -0.39 is 5.97 Å². The number of ketones is 1. The summed E-state index contributed by atoms with van der Waals surface area (Å²) in [4.78, 5) is 21.9. The van der Waals surface area contributed by atoms with Crippen molar-refractivity contribution in [3.63, 3.8) is 0 Å². The van der Waals surface area contributed by atoms with Crippen LogP contribution in [-0.4, -0.2) is 17.5 Å². The zero-order valence-electron chi connectivity index (χ0n) is 9.03. The van der Waals surface area contributed by atoms with Gasteiger partial charge in [0, 0.05) is 0 Å². The summed E-state index contributed by atoms with van der Waals surface area (Å²) in [5, 5.41) is 7.30. The SMILES string of the molecule is CC(=O)CC(=N)C(=O)OCc1ccccc1. The van der Waals surface area contributed by atoms with Gasteiger partial charge in [-0.3, -0.25) is 10.2 Å². The lowest BCUT2D eigenvalue weighted by atomic mass is 10.2. The van der Waals surface area contributed by atoms with Crippen molar-refractivity contribution in [2.24, 2.45) is 0 Å². The smallest absolute Gasteiger partial charge is 0.352 e.